The summed E-state index contributed by atoms with van der Waals surface area (Å²) < 4.78 is 0. The Morgan fingerprint density at radius 2 is 1.63 bits per heavy atom. The number of nitrogens with zero attached hydrogens (tertiary/aromatic N) is 2. The Morgan fingerprint density at radius 1 is 1.11 bits per heavy atom. The molecule has 1 heterocycles. The molecule has 1 aliphatic heterocycles. The van der Waals surface area contributed by atoms with Gasteiger partial charge in [0.05, 0.1) is 0 Å². The molecule has 0 radical (unpaired) electrons. The molecule has 1 saturated heterocycles. The second-order valence-electron chi connectivity index (χ2n) is 4.31. The molecule has 1 unspecified atom stereocenters. The maximum absolute atomic E-state index is 12.1. The van der Waals surface area contributed by atoms with Crippen LogP contribution in [0.3, 0.4) is 0 Å². The smallest absolute Gasteiger partial charge is 0.244 e. The first-order valence-electron chi connectivity index (χ1n) is 6.40. The van der Waals surface area contributed by atoms with Crippen molar-refractivity contribution in [3.05, 3.63) is 29.8 Å². The lowest BCUT2D eigenvalue weighted by Crippen LogP contribution is -2.48. The zero-order valence-electron chi connectivity index (χ0n) is 11.7. The Morgan fingerprint density at radius 3 is 2.16 bits per heavy atom. The lowest BCUT2D eigenvalue weighted by Gasteiger charge is -2.37. The highest BCUT2D eigenvalue weighted by molar-refractivity contribution is 5.83. The van der Waals surface area contributed by atoms with Crippen LogP contribution in [0.5, 0.6) is 0 Å². The highest BCUT2D eigenvalue weighted by Crippen LogP contribution is 2.25. The average Bonchev–Trinajstić information content (AvgIpc) is 2.39. The van der Waals surface area contributed by atoms with Crippen molar-refractivity contribution in [3.8, 4) is 0 Å². The summed E-state index contributed by atoms with van der Waals surface area (Å²) in [7, 11) is 3.82. The number of hydrogen-bond donors (Lipinski definition) is 1. The molecule has 108 valence electrons. The number of hydrogen-bond acceptors (Lipinski definition) is 3. The summed E-state index contributed by atoms with van der Waals surface area (Å²) in [6, 6.07) is 7.36. The summed E-state index contributed by atoms with van der Waals surface area (Å²) in [5.41, 5.74) is 7.38. The first kappa shape index (κ1) is 17.4. The fourth-order valence-electron chi connectivity index (χ4n) is 2.02. The van der Waals surface area contributed by atoms with E-state index in [4.69, 9.17) is 5.73 Å². The van der Waals surface area contributed by atoms with Gasteiger partial charge in [-0.2, -0.15) is 0 Å². The number of nitrogen functional groups attached to an aromatic ring is 1. The van der Waals surface area contributed by atoms with Gasteiger partial charge in [-0.3, -0.25) is 9.69 Å². The fourth-order valence-corrected chi connectivity index (χ4v) is 2.02. The summed E-state index contributed by atoms with van der Waals surface area (Å²) in [4.78, 5) is 15.9. The number of nitrogens with two attached hydrogens (primary N) is 1. The molecule has 1 fully saturated rings. The molecule has 1 atom stereocenters. The van der Waals surface area contributed by atoms with Crippen molar-refractivity contribution in [2.24, 2.45) is 0 Å². The fraction of sp³-hybridized carbons (Fsp3) is 0.533. The number of benzene rings is 1. The minimum Gasteiger partial charge on any atom is -0.399 e. The molecular formula is C15H27N3O. The van der Waals surface area contributed by atoms with Gasteiger partial charge in [0, 0.05) is 25.8 Å². The van der Waals surface area contributed by atoms with Gasteiger partial charge in [0.2, 0.25) is 5.91 Å². The molecule has 2 N–H and O–H groups in total. The molecule has 0 saturated carbocycles. The van der Waals surface area contributed by atoms with Crippen molar-refractivity contribution in [1.82, 2.24) is 9.80 Å². The van der Waals surface area contributed by atoms with Crippen LogP contribution in [0.2, 0.25) is 0 Å². The molecule has 0 spiro atoms. The molecular weight excluding hydrogens is 238 g/mol. The Labute approximate surface area is 117 Å². The standard InChI is InChI=1S/C12H17N3O.C2H6.CH4/c1-14-7-8-15(2)12(16)11(14)9-3-5-10(13)6-4-9;1-2;/h3-6,11H,7-8,13H2,1-2H3;1-2H3;1H4. The van der Waals surface area contributed by atoms with E-state index >= 15 is 0 Å². The van der Waals surface area contributed by atoms with E-state index in [-0.39, 0.29) is 19.4 Å². The summed E-state index contributed by atoms with van der Waals surface area (Å²) >= 11 is 0. The number of anilines is 1. The van der Waals surface area contributed by atoms with Gasteiger partial charge < -0.3 is 10.6 Å². The zero-order chi connectivity index (χ0) is 13.7. The number of amides is 1. The molecule has 1 aliphatic rings. The van der Waals surface area contributed by atoms with Crippen molar-refractivity contribution < 1.29 is 4.79 Å². The Hall–Kier alpha value is -1.55. The van der Waals surface area contributed by atoms with Crippen molar-refractivity contribution in [2.75, 3.05) is 32.9 Å². The van der Waals surface area contributed by atoms with E-state index in [9.17, 15) is 4.79 Å². The second kappa shape index (κ2) is 7.79. The van der Waals surface area contributed by atoms with Crippen LogP contribution < -0.4 is 5.73 Å². The molecule has 19 heavy (non-hydrogen) atoms. The van der Waals surface area contributed by atoms with Crippen LogP contribution in [0, 0.1) is 0 Å². The topological polar surface area (TPSA) is 49.6 Å². The molecule has 0 bridgehead atoms. The van der Waals surface area contributed by atoms with Gasteiger partial charge in [-0.15, -0.1) is 0 Å². The van der Waals surface area contributed by atoms with Crippen molar-refractivity contribution in [2.45, 2.75) is 27.3 Å². The van der Waals surface area contributed by atoms with Crippen LogP contribution >= 0.6 is 0 Å². The summed E-state index contributed by atoms with van der Waals surface area (Å²) in [6.45, 7) is 5.69. The molecule has 0 aromatic heterocycles. The number of rotatable bonds is 1. The van der Waals surface area contributed by atoms with Crippen LogP contribution in [-0.4, -0.2) is 42.9 Å². The van der Waals surface area contributed by atoms with Gasteiger partial charge in [0.15, 0.2) is 0 Å². The third-order valence-electron chi connectivity index (χ3n) is 3.09. The Balaban J connectivity index is 0.00000103. The number of likely N-dealkylation sites (N-methyl/N-ethyl adjacent to an activating group) is 2. The van der Waals surface area contributed by atoms with Crippen LogP contribution in [0.15, 0.2) is 24.3 Å². The van der Waals surface area contributed by atoms with Crippen molar-refractivity contribution in [1.29, 1.82) is 0 Å². The largest absolute Gasteiger partial charge is 0.399 e. The lowest BCUT2D eigenvalue weighted by molar-refractivity contribution is -0.139. The van der Waals surface area contributed by atoms with Crippen LogP contribution in [0.25, 0.3) is 0 Å². The Bertz CT molecular complexity index is 389. The van der Waals surface area contributed by atoms with E-state index in [0.29, 0.717) is 0 Å². The third-order valence-corrected chi connectivity index (χ3v) is 3.09. The highest BCUT2D eigenvalue weighted by Gasteiger charge is 2.31. The SMILES string of the molecule is C.CC.CN1CCN(C)C(c2ccc(N)cc2)C1=O. The molecule has 0 aliphatic carbocycles. The summed E-state index contributed by atoms with van der Waals surface area (Å²) in [6.07, 6.45) is 0. The predicted molar refractivity (Wildman–Crippen MR) is 81.9 cm³/mol. The van der Waals surface area contributed by atoms with Gasteiger partial charge >= 0.3 is 0 Å². The first-order chi connectivity index (χ1) is 8.59. The minimum atomic E-state index is -0.167. The van der Waals surface area contributed by atoms with Crippen LogP contribution in [0.4, 0.5) is 5.69 Å². The van der Waals surface area contributed by atoms with Crippen LogP contribution in [0.1, 0.15) is 32.9 Å². The zero-order valence-corrected chi connectivity index (χ0v) is 11.7. The van der Waals surface area contributed by atoms with Gasteiger partial charge in [-0.05, 0) is 24.7 Å². The van der Waals surface area contributed by atoms with Crippen molar-refractivity contribution in [3.63, 3.8) is 0 Å². The van der Waals surface area contributed by atoms with Gasteiger partial charge in [0.1, 0.15) is 6.04 Å². The third kappa shape index (κ3) is 3.96. The number of carbonyl (C=O) groups excluding carboxylic acids is 1. The molecule has 1 amide bonds. The van der Waals surface area contributed by atoms with E-state index in [1.807, 2.05) is 52.2 Å². The first-order valence-corrected chi connectivity index (χ1v) is 6.40. The second-order valence-corrected chi connectivity index (χ2v) is 4.31. The van der Waals surface area contributed by atoms with E-state index in [1.165, 1.54) is 0 Å². The van der Waals surface area contributed by atoms with Gasteiger partial charge in [0.25, 0.3) is 0 Å². The van der Waals surface area contributed by atoms with Crippen LogP contribution in [-0.2, 0) is 4.79 Å². The lowest BCUT2D eigenvalue weighted by atomic mass is 10.0. The molecule has 1 aromatic carbocycles. The number of carbonyl (C=O) groups is 1. The quantitative estimate of drug-likeness (QED) is 0.793. The maximum Gasteiger partial charge on any atom is 0.244 e. The molecule has 2 rings (SSSR count). The van der Waals surface area contributed by atoms with E-state index < -0.39 is 0 Å². The van der Waals surface area contributed by atoms with E-state index in [2.05, 4.69) is 4.90 Å². The van der Waals surface area contributed by atoms with E-state index in [1.54, 1.807) is 4.90 Å². The Kier molecular flexibility index (Phi) is 7.16. The van der Waals surface area contributed by atoms with E-state index in [0.717, 1.165) is 24.3 Å². The normalized spacial score (nSPS) is 19.3. The summed E-state index contributed by atoms with van der Waals surface area (Å²) in [5, 5.41) is 0. The maximum atomic E-state index is 12.1. The predicted octanol–water partition coefficient (Wildman–Crippen LogP) is 2.38. The molecule has 1 aromatic rings. The molecule has 4 nitrogen and oxygen atoms in total. The van der Waals surface area contributed by atoms with Gasteiger partial charge in [-0.25, -0.2) is 0 Å². The monoisotopic (exact) mass is 265 g/mol. The number of piperazine rings is 1. The van der Waals surface area contributed by atoms with Crippen molar-refractivity contribution >= 4 is 11.6 Å². The minimum absolute atomic E-state index is 0. The molecule has 4 heteroatoms. The average molecular weight is 265 g/mol. The van der Waals surface area contributed by atoms with Gasteiger partial charge in [-0.1, -0.05) is 33.4 Å². The highest BCUT2D eigenvalue weighted by atomic mass is 16.2. The summed E-state index contributed by atoms with van der Waals surface area (Å²) in [5.74, 6) is 0.151.